The van der Waals surface area contributed by atoms with Gasteiger partial charge in [-0.05, 0) is 44.1 Å². The van der Waals surface area contributed by atoms with Crippen molar-refractivity contribution in [2.75, 3.05) is 13.1 Å². The van der Waals surface area contributed by atoms with E-state index in [4.69, 9.17) is 0 Å². The maximum absolute atomic E-state index is 12.7. The first-order chi connectivity index (χ1) is 9.04. The molecule has 2 aromatic rings. The van der Waals surface area contributed by atoms with E-state index in [1.54, 1.807) is 10.9 Å². The largest absolute Gasteiger partial charge is 0.416 e. The summed E-state index contributed by atoms with van der Waals surface area (Å²) in [6, 6.07) is 3.69. The zero-order valence-electron chi connectivity index (χ0n) is 10.3. The molecule has 3 nitrogen and oxygen atoms in total. The van der Waals surface area contributed by atoms with Crippen molar-refractivity contribution < 1.29 is 13.2 Å². The molecule has 0 spiro atoms. The van der Waals surface area contributed by atoms with E-state index < -0.39 is 11.7 Å². The second-order valence-electron chi connectivity index (χ2n) is 4.88. The van der Waals surface area contributed by atoms with Crippen LogP contribution >= 0.6 is 0 Å². The number of nitrogens with zero attached hydrogens (tertiary/aromatic N) is 3. The maximum Gasteiger partial charge on any atom is 0.416 e. The van der Waals surface area contributed by atoms with Crippen LogP contribution in [0.25, 0.3) is 11.0 Å². The Labute approximate surface area is 108 Å². The van der Waals surface area contributed by atoms with Gasteiger partial charge in [0.25, 0.3) is 0 Å². The van der Waals surface area contributed by atoms with Gasteiger partial charge in [0.15, 0.2) is 0 Å². The summed E-state index contributed by atoms with van der Waals surface area (Å²) in [5.74, 6) is 0. The highest BCUT2D eigenvalue weighted by Gasteiger charge is 2.30. The zero-order valence-corrected chi connectivity index (χ0v) is 10.3. The molecular formula is C13H14F3N3. The fraction of sp³-hybridized carbons (Fsp3) is 0.462. The number of rotatable bonds is 2. The predicted molar refractivity (Wildman–Crippen MR) is 65.5 cm³/mol. The van der Waals surface area contributed by atoms with E-state index >= 15 is 0 Å². The number of imidazole rings is 1. The van der Waals surface area contributed by atoms with Crippen LogP contribution in [0.5, 0.6) is 0 Å². The summed E-state index contributed by atoms with van der Waals surface area (Å²) in [6.07, 6.45) is -0.388. The number of benzene rings is 1. The molecule has 0 radical (unpaired) electrons. The number of hydrogen-bond acceptors (Lipinski definition) is 2. The number of aromatic nitrogens is 2. The molecule has 0 saturated carbocycles. The molecule has 1 aliphatic rings. The summed E-state index contributed by atoms with van der Waals surface area (Å²) in [7, 11) is 0. The van der Waals surface area contributed by atoms with Gasteiger partial charge in [-0.15, -0.1) is 0 Å². The highest BCUT2D eigenvalue weighted by Crippen LogP contribution is 2.31. The van der Waals surface area contributed by atoms with E-state index in [1.807, 2.05) is 0 Å². The van der Waals surface area contributed by atoms with Crippen molar-refractivity contribution in [2.45, 2.75) is 25.7 Å². The molecule has 0 atom stereocenters. The fourth-order valence-corrected chi connectivity index (χ4v) is 2.49. The van der Waals surface area contributed by atoms with Gasteiger partial charge in [0.1, 0.15) is 0 Å². The molecule has 19 heavy (non-hydrogen) atoms. The smallest absolute Gasteiger partial charge is 0.317 e. The molecule has 0 aliphatic carbocycles. The van der Waals surface area contributed by atoms with Gasteiger partial charge in [-0.3, -0.25) is 4.90 Å². The average molecular weight is 269 g/mol. The summed E-state index contributed by atoms with van der Waals surface area (Å²) in [5, 5.41) is 0. The first-order valence-electron chi connectivity index (χ1n) is 6.28. The average Bonchev–Trinajstić information content (AvgIpc) is 2.98. The van der Waals surface area contributed by atoms with E-state index in [9.17, 15) is 13.2 Å². The number of likely N-dealkylation sites (tertiary alicyclic amines) is 1. The quantitative estimate of drug-likeness (QED) is 0.835. The first kappa shape index (κ1) is 12.5. The Hall–Kier alpha value is -1.56. The van der Waals surface area contributed by atoms with Crippen molar-refractivity contribution in [1.29, 1.82) is 0 Å². The van der Waals surface area contributed by atoms with Gasteiger partial charge in [-0.25, -0.2) is 4.98 Å². The monoisotopic (exact) mass is 269 g/mol. The molecule has 1 aromatic carbocycles. The van der Waals surface area contributed by atoms with Crippen LogP contribution in [-0.4, -0.2) is 27.5 Å². The molecule has 1 fully saturated rings. The van der Waals surface area contributed by atoms with Crippen LogP contribution in [-0.2, 0) is 12.8 Å². The summed E-state index contributed by atoms with van der Waals surface area (Å²) >= 11 is 0. The number of fused-ring (bicyclic) bond motifs is 1. The molecule has 0 bridgehead atoms. The molecular weight excluding hydrogens is 255 g/mol. The van der Waals surface area contributed by atoms with E-state index in [2.05, 4.69) is 9.88 Å². The fourth-order valence-electron chi connectivity index (χ4n) is 2.49. The van der Waals surface area contributed by atoms with E-state index in [0.717, 1.165) is 32.0 Å². The predicted octanol–water partition coefficient (Wildman–Crippen LogP) is 3.11. The van der Waals surface area contributed by atoms with Crippen molar-refractivity contribution in [3.05, 3.63) is 30.1 Å². The van der Waals surface area contributed by atoms with Crippen LogP contribution in [0.1, 0.15) is 18.4 Å². The Bertz CT molecular complexity index is 582. The first-order valence-corrected chi connectivity index (χ1v) is 6.28. The van der Waals surface area contributed by atoms with Gasteiger partial charge in [-0.1, -0.05) is 0 Å². The lowest BCUT2D eigenvalue weighted by molar-refractivity contribution is -0.137. The molecule has 102 valence electrons. The second kappa shape index (κ2) is 4.52. The van der Waals surface area contributed by atoms with Crippen LogP contribution in [0.2, 0.25) is 0 Å². The van der Waals surface area contributed by atoms with Crippen LogP contribution in [0, 0.1) is 0 Å². The minimum absolute atomic E-state index is 0.543. The minimum atomic E-state index is -4.31. The van der Waals surface area contributed by atoms with Crippen LogP contribution in [0.3, 0.4) is 0 Å². The topological polar surface area (TPSA) is 21.1 Å². The van der Waals surface area contributed by atoms with Gasteiger partial charge < -0.3 is 4.57 Å². The van der Waals surface area contributed by atoms with Gasteiger partial charge in [0.05, 0.1) is 29.6 Å². The lowest BCUT2D eigenvalue weighted by Gasteiger charge is -2.16. The summed E-state index contributed by atoms with van der Waals surface area (Å²) in [5.41, 5.74) is 0.525. The van der Waals surface area contributed by atoms with Gasteiger partial charge in [-0.2, -0.15) is 13.2 Å². The second-order valence-corrected chi connectivity index (χ2v) is 4.88. The number of halogens is 3. The van der Waals surface area contributed by atoms with Crippen molar-refractivity contribution in [3.63, 3.8) is 0 Å². The van der Waals surface area contributed by atoms with Gasteiger partial charge >= 0.3 is 6.18 Å². The molecule has 2 heterocycles. The van der Waals surface area contributed by atoms with E-state index in [-0.39, 0.29) is 0 Å². The van der Waals surface area contributed by atoms with Crippen molar-refractivity contribution in [1.82, 2.24) is 14.5 Å². The van der Waals surface area contributed by atoms with Crippen LogP contribution in [0.15, 0.2) is 24.5 Å². The third-order valence-electron chi connectivity index (χ3n) is 3.50. The van der Waals surface area contributed by atoms with Crippen molar-refractivity contribution >= 4 is 11.0 Å². The molecule has 3 rings (SSSR count). The van der Waals surface area contributed by atoms with E-state index in [0.29, 0.717) is 17.7 Å². The SMILES string of the molecule is FC(F)(F)c1ccc2ncn(CN3CCCC3)c2c1. The zero-order chi connectivity index (χ0) is 13.5. The highest BCUT2D eigenvalue weighted by atomic mass is 19.4. The molecule has 0 amide bonds. The van der Waals surface area contributed by atoms with Gasteiger partial charge in [0, 0.05) is 0 Å². The summed E-state index contributed by atoms with van der Waals surface area (Å²) in [6.45, 7) is 2.61. The Kier molecular flexibility index (Phi) is 2.97. The number of hydrogen-bond donors (Lipinski definition) is 0. The summed E-state index contributed by atoms with van der Waals surface area (Å²) < 4.78 is 39.9. The van der Waals surface area contributed by atoms with Crippen molar-refractivity contribution in [3.8, 4) is 0 Å². The van der Waals surface area contributed by atoms with Crippen LogP contribution in [0.4, 0.5) is 13.2 Å². The highest BCUT2D eigenvalue weighted by molar-refractivity contribution is 5.76. The molecule has 0 N–H and O–H groups in total. The molecule has 0 unspecified atom stereocenters. The lowest BCUT2D eigenvalue weighted by atomic mass is 10.2. The standard InChI is InChI=1S/C13H14F3N3/c14-13(15,16)10-3-4-11-12(7-10)19(8-17-11)9-18-5-1-2-6-18/h3-4,7-8H,1-2,5-6,9H2. The third-order valence-corrected chi connectivity index (χ3v) is 3.50. The molecule has 1 aliphatic heterocycles. The minimum Gasteiger partial charge on any atom is -0.317 e. The van der Waals surface area contributed by atoms with Gasteiger partial charge in [0.2, 0.25) is 0 Å². The van der Waals surface area contributed by atoms with Crippen LogP contribution < -0.4 is 0 Å². The normalized spacial score (nSPS) is 17.4. The number of alkyl halides is 3. The van der Waals surface area contributed by atoms with Crippen molar-refractivity contribution in [2.24, 2.45) is 0 Å². The molecule has 1 saturated heterocycles. The Balaban J connectivity index is 1.95. The molecule has 6 heteroatoms. The summed E-state index contributed by atoms with van der Waals surface area (Å²) in [4.78, 5) is 6.38. The molecule has 1 aromatic heterocycles. The Morgan fingerprint density at radius 1 is 1.16 bits per heavy atom. The maximum atomic E-state index is 12.7. The Morgan fingerprint density at radius 2 is 1.89 bits per heavy atom. The Morgan fingerprint density at radius 3 is 2.58 bits per heavy atom. The lowest BCUT2D eigenvalue weighted by Crippen LogP contribution is -2.22. The third kappa shape index (κ3) is 2.45. The van der Waals surface area contributed by atoms with E-state index in [1.165, 1.54) is 12.1 Å².